The molecule has 0 spiro atoms. The normalized spacial score (nSPS) is 13.0. The minimum Gasteiger partial charge on any atom is -0.486 e. The molecular weight excluding hydrogens is 414 g/mol. The van der Waals surface area contributed by atoms with Crippen LogP contribution in [-0.2, 0) is 0 Å². The average Bonchev–Trinajstić information content (AvgIpc) is 3.28. The lowest BCUT2D eigenvalue weighted by Crippen LogP contribution is -2.21. The number of anilines is 2. The standard InChI is InChI=1S/C19H21N3O3S3/c1-4-22(5-2)19-21-18-16(28-19)10-15(27-18)17(23)20-11-8-12-13(9-14(11)26-3)25-7-6-24-12/h8-10H,4-7H2,1-3H3,(H,20,23). The van der Waals surface area contributed by atoms with Crippen molar-refractivity contribution in [2.75, 3.05) is 42.8 Å². The van der Waals surface area contributed by atoms with Crippen molar-refractivity contribution in [3.05, 3.63) is 23.1 Å². The molecule has 0 radical (unpaired) electrons. The van der Waals surface area contributed by atoms with Gasteiger partial charge in [-0.25, -0.2) is 4.98 Å². The van der Waals surface area contributed by atoms with E-state index in [1.54, 1.807) is 23.1 Å². The van der Waals surface area contributed by atoms with Gasteiger partial charge in [0.05, 0.1) is 15.3 Å². The van der Waals surface area contributed by atoms with Gasteiger partial charge in [0.2, 0.25) is 0 Å². The molecule has 1 aliphatic rings. The zero-order valence-electron chi connectivity index (χ0n) is 15.9. The number of ether oxygens (including phenoxy) is 2. The van der Waals surface area contributed by atoms with Gasteiger partial charge >= 0.3 is 0 Å². The minimum absolute atomic E-state index is 0.133. The second-order valence-electron chi connectivity index (χ2n) is 6.10. The van der Waals surface area contributed by atoms with E-state index in [1.165, 1.54) is 11.3 Å². The Morgan fingerprint density at radius 1 is 1.18 bits per heavy atom. The lowest BCUT2D eigenvalue weighted by atomic mass is 10.2. The lowest BCUT2D eigenvalue weighted by Gasteiger charge is -2.20. The Labute approximate surface area is 175 Å². The number of thioether (sulfide) groups is 1. The number of amides is 1. The first-order valence-corrected chi connectivity index (χ1v) is 11.9. The van der Waals surface area contributed by atoms with E-state index < -0.39 is 0 Å². The number of carbonyl (C=O) groups is 1. The molecule has 1 aromatic carbocycles. The van der Waals surface area contributed by atoms with E-state index in [4.69, 9.17) is 14.5 Å². The maximum atomic E-state index is 12.8. The number of nitrogens with one attached hydrogen (secondary N) is 1. The molecule has 28 heavy (non-hydrogen) atoms. The van der Waals surface area contributed by atoms with Crippen molar-refractivity contribution in [2.24, 2.45) is 0 Å². The Kier molecular flexibility index (Phi) is 5.65. The lowest BCUT2D eigenvalue weighted by molar-refractivity contribution is 0.103. The van der Waals surface area contributed by atoms with Gasteiger partial charge in [-0.05, 0) is 32.2 Å². The van der Waals surface area contributed by atoms with Crippen molar-refractivity contribution >= 4 is 60.7 Å². The summed E-state index contributed by atoms with van der Waals surface area (Å²) in [7, 11) is 0. The highest BCUT2D eigenvalue weighted by Crippen LogP contribution is 2.40. The number of hydrogen-bond donors (Lipinski definition) is 1. The van der Waals surface area contributed by atoms with Crippen molar-refractivity contribution in [3.63, 3.8) is 0 Å². The largest absolute Gasteiger partial charge is 0.486 e. The van der Waals surface area contributed by atoms with Crippen molar-refractivity contribution in [1.82, 2.24) is 4.98 Å². The van der Waals surface area contributed by atoms with Gasteiger partial charge in [0, 0.05) is 24.1 Å². The van der Waals surface area contributed by atoms with E-state index >= 15 is 0 Å². The fraction of sp³-hybridized carbons (Fsp3) is 0.368. The van der Waals surface area contributed by atoms with E-state index in [1.807, 2.05) is 24.5 Å². The van der Waals surface area contributed by atoms with E-state index in [0.717, 1.165) is 44.1 Å². The zero-order valence-corrected chi connectivity index (χ0v) is 18.4. The summed E-state index contributed by atoms with van der Waals surface area (Å²) in [4.78, 5) is 22.3. The molecule has 0 unspecified atom stereocenters. The molecule has 3 heterocycles. The van der Waals surface area contributed by atoms with Gasteiger partial charge in [-0.1, -0.05) is 11.3 Å². The molecule has 0 saturated heterocycles. The van der Waals surface area contributed by atoms with Crippen LogP contribution in [0, 0.1) is 0 Å². The highest BCUT2D eigenvalue weighted by Gasteiger charge is 2.20. The SMILES string of the molecule is CCN(CC)c1nc2sc(C(=O)Nc3cc4c(cc3SC)OCCO4)cc2s1. The summed E-state index contributed by atoms with van der Waals surface area (Å²) >= 11 is 4.61. The van der Waals surface area contributed by atoms with Gasteiger partial charge < -0.3 is 19.7 Å². The van der Waals surface area contributed by atoms with Crippen LogP contribution in [0.3, 0.4) is 0 Å². The molecule has 0 bridgehead atoms. The predicted molar refractivity (Wildman–Crippen MR) is 118 cm³/mol. The second-order valence-corrected chi connectivity index (χ2v) is 8.99. The number of thiazole rings is 1. The summed E-state index contributed by atoms with van der Waals surface area (Å²) in [6.07, 6.45) is 1.97. The highest BCUT2D eigenvalue weighted by atomic mass is 32.2. The molecule has 9 heteroatoms. The Morgan fingerprint density at radius 3 is 2.54 bits per heavy atom. The van der Waals surface area contributed by atoms with Gasteiger partial charge in [-0.2, -0.15) is 0 Å². The molecule has 1 N–H and O–H groups in total. The molecule has 1 aliphatic heterocycles. The molecule has 0 saturated carbocycles. The molecule has 1 amide bonds. The summed E-state index contributed by atoms with van der Waals surface area (Å²) in [6, 6.07) is 5.68. The van der Waals surface area contributed by atoms with E-state index in [0.29, 0.717) is 23.8 Å². The number of hydrogen-bond acceptors (Lipinski definition) is 8. The Balaban J connectivity index is 1.57. The fourth-order valence-corrected chi connectivity index (χ4v) is 5.77. The van der Waals surface area contributed by atoms with Crippen LogP contribution < -0.4 is 19.7 Å². The number of nitrogens with zero attached hydrogens (tertiary/aromatic N) is 2. The predicted octanol–water partition coefficient (Wildman–Crippen LogP) is 4.95. The van der Waals surface area contributed by atoms with E-state index in [9.17, 15) is 4.79 Å². The summed E-state index contributed by atoms with van der Waals surface area (Å²) in [6.45, 7) is 7.14. The smallest absolute Gasteiger partial charge is 0.265 e. The van der Waals surface area contributed by atoms with Crippen molar-refractivity contribution in [2.45, 2.75) is 18.7 Å². The number of thiophene rings is 1. The molecular formula is C19H21N3O3S3. The maximum absolute atomic E-state index is 12.8. The molecule has 0 fully saturated rings. The summed E-state index contributed by atoms with van der Waals surface area (Å²) in [5.74, 6) is 1.25. The van der Waals surface area contributed by atoms with Gasteiger partial charge in [-0.3, -0.25) is 4.79 Å². The van der Waals surface area contributed by atoms with Crippen LogP contribution in [0.4, 0.5) is 10.8 Å². The van der Waals surface area contributed by atoms with E-state index in [-0.39, 0.29) is 5.91 Å². The first kappa shape index (κ1) is 19.4. The number of carbonyl (C=O) groups excluding carboxylic acids is 1. The number of rotatable bonds is 6. The molecule has 0 atom stereocenters. The molecule has 2 aromatic heterocycles. The van der Waals surface area contributed by atoms with Crippen molar-refractivity contribution in [1.29, 1.82) is 0 Å². The third-order valence-electron chi connectivity index (χ3n) is 4.45. The van der Waals surface area contributed by atoms with Gasteiger partial charge in [0.15, 0.2) is 16.6 Å². The second kappa shape index (κ2) is 8.18. The quantitative estimate of drug-likeness (QED) is 0.553. The number of aromatic nitrogens is 1. The highest BCUT2D eigenvalue weighted by molar-refractivity contribution is 7.98. The molecule has 0 aliphatic carbocycles. The van der Waals surface area contributed by atoms with Crippen molar-refractivity contribution in [3.8, 4) is 11.5 Å². The topological polar surface area (TPSA) is 63.7 Å². The van der Waals surface area contributed by atoms with Crippen LogP contribution in [0.1, 0.15) is 23.5 Å². The average molecular weight is 436 g/mol. The monoisotopic (exact) mass is 435 g/mol. The molecule has 4 rings (SSSR count). The van der Waals surface area contributed by atoms with Crippen molar-refractivity contribution < 1.29 is 14.3 Å². The third kappa shape index (κ3) is 3.66. The van der Waals surface area contributed by atoms with Gasteiger partial charge in [0.1, 0.15) is 18.0 Å². The maximum Gasteiger partial charge on any atom is 0.265 e. The van der Waals surface area contributed by atoms with E-state index in [2.05, 4.69) is 24.1 Å². The molecule has 3 aromatic rings. The summed E-state index contributed by atoms with van der Waals surface area (Å²) in [5.41, 5.74) is 0.732. The van der Waals surface area contributed by atoms with Crippen LogP contribution in [0.2, 0.25) is 0 Å². The first-order valence-electron chi connectivity index (χ1n) is 9.07. The van der Waals surface area contributed by atoms with Gasteiger partial charge in [-0.15, -0.1) is 23.1 Å². The van der Waals surface area contributed by atoms with Crippen LogP contribution in [0.15, 0.2) is 23.1 Å². The van der Waals surface area contributed by atoms with Crippen LogP contribution in [0.5, 0.6) is 11.5 Å². The van der Waals surface area contributed by atoms with Gasteiger partial charge in [0.25, 0.3) is 5.91 Å². The Morgan fingerprint density at radius 2 is 1.89 bits per heavy atom. The van der Waals surface area contributed by atoms with Crippen LogP contribution in [-0.4, -0.2) is 43.5 Å². The Hall–Kier alpha value is -1.97. The zero-order chi connectivity index (χ0) is 19.7. The van der Waals surface area contributed by atoms with Crippen LogP contribution >= 0.6 is 34.4 Å². The third-order valence-corrected chi connectivity index (χ3v) is 7.45. The summed E-state index contributed by atoms with van der Waals surface area (Å²) < 4.78 is 12.3. The summed E-state index contributed by atoms with van der Waals surface area (Å²) in [5, 5.41) is 4.03. The number of fused-ring (bicyclic) bond motifs is 2. The molecule has 6 nitrogen and oxygen atoms in total. The Bertz CT molecular complexity index is 979. The number of benzene rings is 1. The fourth-order valence-electron chi connectivity index (χ4n) is 2.99. The first-order chi connectivity index (χ1) is 13.6. The molecule has 148 valence electrons. The van der Waals surface area contributed by atoms with Crippen LogP contribution in [0.25, 0.3) is 9.53 Å². The minimum atomic E-state index is -0.133.